The number of H-pyrrole nitrogens is 1. The molecule has 1 unspecified atom stereocenters. The standard InChI is InChI=1S/C20H20N4O2/c25-20(24-12-6-7-15(13-24)19-21-14-22-23-19)17-10-4-5-11-18(17)26-16-8-2-1-3-9-16/h1-5,8-11,14-15H,6-7,12-13H2,(H,21,22,23). The van der Waals surface area contributed by atoms with Crippen LogP contribution in [0.3, 0.4) is 0 Å². The van der Waals surface area contributed by atoms with Gasteiger partial charge in [-0.1, -0.05) is 30.3 Å². The van der Waals surface area contributed by atoms with Gasteiger partial charge in [0.25, 0.3) is 5.91 Å². The van der Waals surface area contributed by atoms with Crippen molar-refractivity contribution in [2.45, 2.75) is 18.8 Å². The topological polar surface area (TPSA) is 71.1 Å². The van der Waals surface area contributed by atoms with Crippen molar-refractivity contribution in [3.05, 3.63) is 72.3 Å². The normalized spacial score (nSPS) is 17.1. The fraction of sp³-hybridized carbons (Fsp3) is 0.250. The van der Waals surface area contributed by atoms with Crippen molar-refractivity contribution in [1.82, 2.24) is 20.1 Å². The van der Waals surface area contributed by atoms with Gasteiger partial charge in [-0.3, -0.25) is 9.89 Å². The summed E-state index contributed by atoms with van der Waals surface area (Å²) >= 11 is 0. The van der Waals surface area contributed by atoms with Gasteiger partial charge in [-0.05, 0) is 37.1 Å². The van der Waals surface area contributed by atoms with Gasteiger partial charge in [0, 0.05) is 19.0 Å². The Morgan fingerprint density at radius 1 is 1.12 bits per heavy atom. The predicted molar refractivity (Wildman–Crippen MR) is 97.2 cm³/mol. The number of ether oxygens (including phenoxy) is 1. The molecule has 132 valence electrons. The summed E-state index contributed by atoms with van der Waals surface area (Å²) in [5, 5.41) is 6.85. The lowest BCUT2D eigenvalue weighted by molar-refractivity contribution is 0.0702. The summed E-state index contributed by atoms with van der Waals surface area (Å²) < 4.78 is 5.94. The van der Waals surface area contributed by atoms with Crippen LogP contribution in [0.4, 0.5) is 0 Å². The maximum Gasteiger partial charge on any atom is 0.257 e. The Kier molecular flexibility index (Phi) is 4.64. The highest BCUT2D eigenvalue weighted by atomic mass is 16.5. The molecule has 0 aliphatic carbocycles. The summed E-state index contributed by atoms with van der Waals surface area (Å²) in [5.41, 5.74) is 0.578. The van der Waals surface area contributed by atoms with Gasteiger partial charge in [0.2, 0.25) is 0 Å². The molecular formula is C20H20N4O2. The number of hydrogen-bond acceptors (Lipinski definition) is 4. The lowest BCUT2D eigenvalue weighted by Gasteiger charge is -2.32. The van der Waals surface area contributed by atoms with Crippen LogP contribution < -0.4 is 4.74 Å². The van der Waals surface area contributed by atoms with E-state index in [1.165, 1.54) is 6.33 Å². The fourth-order valence-corrected chi connectivity index (χ4v) is 3.31. The minimum absolute atomic E-state index is 0.0132. The molecular weight excluding hydrogens is 328 g/mol. The van der Waals surface area contributed by atoms with Crippen LogP contribution in [0.2, 0.25) is 0 Å². The molecule has 0 bridgehead atoms. The number of carbonyl (C=O) groups is 1. The van der Waals surface area contributed by atoms with Gasteiger partial charge in [0.05, 0.1) is 5.56 Å². The number of rotatable bonds is 4. The molecule has 4 rings (SSSR count). The van der Waals surface area contributed by atoms with Gasteiger partial charge in [0.1, 0.15) is 23.7 Å². The Morgan fingerprint density at radius 3 is 2.73 bits per heavy atom. The van der Waals surface area contributed by atoms with Crippen LogP contribution in [0.5, 0.6) is 11.5 Å². The number of nitrogens with zero attached hydrogens (tertiary/aromatic N) is 3. The molecule has 3 aromatic rings. The third-order valence-electron chi connectivity index (χ3n) is 4.62. The molecule has 1 amide bonds. The Balaban J connectivity index is 1.54. The van der Waals surface area contributed by atoms with E-state index in [9.17, 15) is 4.79 Å². The molecule has 1 aliphatic heterocycles. The van der Waals surface area contributed by atoms with Gasteiger partial charge in [-0.25, -0.2) is 4.98 Å². The quantitative estimate of drug-likeness (QED) is 0.782. The SMILES string of the molecule is O=C(c1ccccc1Oc1ccccc1)N1CCCC(c2ncn[nH]2)C1. The average Bonchev–Trinajstić information content (AvgIpc) is 3.24. The minimum atomic E-state index is -0.0132. The molecule has 1 N–H and O–H groups in total. The first-order valence-corrected chi connectivity index (χ1v) is 8.78. The fourth-order valence-electron chi connectivity index (χ4n) is 3.31. The largest absolute Gasteiger partial charge is 0.457 e. The van der Waals surface area contributed by atoms with Crippen molar-refractivity contribution in [2.24, 2.45) is 0 Å². The van der Waals surface area contributed by atoms with Crippen LogP contribution in [0, 0.1) is 0 Å². The Hall–Kier alpha value is -3.15. The number of para-hydroxylation sites is 2. The second-order valence-corrected chi connectivity index (χ2v) is 6.37. The summed E-state index contributed by atoms with van der Waals surface area (Å²) in [6.07, 6.45) is 3.46. The van der Waals surface area contributed by atoms with Crippen molar-refractivity contribution < 1.29 is 9.53 Å². The Morgan fingerprint density at radius 2 is 1.92 bits per heavy atom. The third kappa shape index (κ3) is 3.44. The number of piperidine rings is 1. The van der Waals surface area contributed by atoms with Crippen molar-refractivity contribution in [1.29, 1.82) is 0 Å². The molecule has 1 saturated heterocycles. The van der Waals surface area contributed by atoms with Crippen molar-refractivity contribution in [3.63, 3.8) is 0 Å². The molecule has 1 aromatic heterocycles. The second-order valence-electron chi connectivity index (χ2n) is 6.37. The third-order valence-corrected chi connectivity index (χ3v) is 4.62. The number of benzene rings is 2. The van der Waals surface area contributed by atoms with E-state index < -0.39 is 0 Å². The molecule has 2 aromatic carbocycles. The number of nitrogens with one attached hydrogen (secondary N) is 1. The van der Waals surface area contributed by atoms with E-state index in [1.807, 2.05) is 59.5 Å². The Bertz CT molecular complexity index is 865. The molecule has 0 saturated carbocycles. The maximum absolute atomic E-state index is 13.1. The molecule has 0 spiro atoms. The predicted octanol–water partition coefficient (Wildman–Crippen LogP) is 3.62. The number of hydrogen-bond donors (Lipinski definition) is 1. The van der Waals surface area contributed by atoms with Crippen LogP contribution in [0.25, 0.3) is 0 Å². The highest BCUT2D eigenvalue weighted by molar-refractivity contribution is 5.97. The molecule has 1 aliphatic rings. The van der Waals surface area contributed by atoms with Crippen LogP contribution in [-0.4, -0.2) is 39.1 Å². The van der Waals surface area contributed by atoms with E-state index in [1.54, 1.807) is 0 Å². The van der Waals surface area contributed by atoms with Gasteiger partial charge < -0.3 is 9.64 Å². The molecule has 2 heterocycles. The van der Waals surface area contributed by atoms with E-state index in [-0.39, 0.29) is 11.8 Å². The van der Waals surface area contributed by atoms with Crippen molar-refractivity contribution in [3.8, 4) is 11.5 Å². The lowest BCUT2D eigenvalue weighted by Crippen LogP contribution is -2.39. The summed E-state index contributed by atoms with van der Waals surface area (Å²) in [4.78, 5) is 19.3. The number of carbonyl (C=O) groups excluding carboxylic acids is 1. The summed E-state index contributed by atoms with van der Waals surface area (Å²) in [6.45, 7) is 1.37. The monoisotopic (exact) mass is 348 g/mol. The first kappa shape index (κ1) is 16.3. The van der Waals surface area contributed by atoms with Crippen LogP contribution in [0.1, 0.15) is 34.9 Å². The van der Waals surface area contributed by atoms with E-state index in [0.29, 0.717) is 23.6 Å². The molecule has 0 radical (unpaired) electrons. The first-order chi connectivity index (χ1) is 12.8. The van der Waals surface area contributed by atoms with Gasteiger partial charge in [-0.2, -0.15) is 5.10 Å². The summed E-state index contributed by atoms with van der Waals surface area (Å²) in [6, 6.07) is 16.9. The minimum Gasteiger partial charge on any atom is -0.457 e. The van der Waals surface area contributed by atoms with Crippen LogP contribution in [-0.2, 0) is 0 Å². The molecule has 6 nitrogen and oxygen atoms in total. The average molecular weight is 348 g/mol. The zero-order valence-electron chi connectivity index (χ0n) is 14.3. The first-order valence-electron chi connectivity index (χ1n) is 8.78. The van der Waals surface area contributed by atoms with Gasteiger partial charge >= 0.3 is 0 Å². The lowest BCUT2D eigenvalue weighted by atomic mass is 9.96. The van der Waals surface area contributed by atoms with Gasteiger partial charge in [0.15, 0.2) is 0 Å². The molecule has 26 heavy (non-hydrogen) atoms. The van der Waals surface area contributed by atoms with Crippen LogP contribution >= 0.6 is 0 Å². The van der Waals surface area contributed by atoms with Crippen molar-refractivity contribution >= 4 is 5.91 Å². The van der Waals surface area contributed by atoms with Crippen LogP contribution in [0.15, 0.2) is 60.9 Å². The van der Waals surface area contributed by atoms with E-state index in [0.717, 1.165) is 25.2 Å². The zero-order valence-corrected chi connectivity index (χ0v) is 14.3. The summed E-state index contributed by atoms with van der Waals surface area (Å²) in [7, 11) is 0. The second kappa shape index (κ2) is 7.39. The molecule has 6 heteroatoms. The van der Waals surface area contributed by atoms with E-state index >= 15 is 0 Å². The number of aromatic amines is 1. The summed E-state index contributed by atoms with van der Waals surface area (Å²) in [5.74, 6) is 2.31. The molecule has 1 atom stereocenters. The number of amides is 1. The zero-order chi connectivity index (χ0) is 17.8. The number of aromatic nitrogens is 3. The molecule has 1 fully saturated rings. The van der Waals surface area contributed by atoms with Crippen molar-refractivity contribution in [2.75, 3.05) is 13.1 Å². The highest BCUT2D eigenvalue weighted by Crippen LogP contribution is 2.29. The number of likely N-dealkylation sites (tertiary alicyclic amines) is 1. The smallest absolute Gasteiger partial charge is 0.257 e. The Labute approximate surface area is 151 Å². The van der Waals surface area contributed by atoms with E-state index in [4.69, 9.17) is 4.74 Å². The highest BCUT2D eigenvalue weighted by Gasteiger charge is 2.28. The maximum atomic E-state index is 13.1. The van der Waals surface area contributed by atoms with Gasteiger partial charge in [-0.15, -0.1) is 0 Å². The van der Waals surface area contributed by atoms with E-state index in [2.05, 4.69) is 15.2 Å².